The minimum atomic E-state index is -0.626. The van der Waals surface area contributed by atoms with Crippen molar-refractivity contribution in [3.63, 3.8) is 0 Å². The Kier molecular flexibility index (Phi) is 4.57. The smallest absolute Gasteiger partial charge is 0.172 e. The number of hydrogen-bond acceptors (Lipinski definition) is 4. The minimum absolute atomic E-state index is 0.000383. The molecule has 0 radical (unpaired) electrons. The predicted molar refractivity (Wildman–Crippen MR) is 100 cm³/mol. The van der Waals surface area contributed by atoms with Crippen molar-refractivity contribution >= 4 is 23.0 Å². The molecule has 1 aromatic carbocycles. The Morgan fingerprint density at radius 2 is 1.76 bits per heavy atom. The molecule has 3 rings (SSSR count). The van der Waals surface area contributed by atoms with Crippen molar-refractivity contribution in [2.24, 2.45) is 0 Å². The Hall–Kier alpha value is -3.08. The number of benzene rings is 1. The van der Waals surface area contributed by atoms with Crippen LogP contribution in [0, 0.1) is 22.7 Å². The first-order chi connectivity index (χ1) is 12.1. The molecule has 0 bridgehead atoms. The average Bonchev–Trinajstić information content (AvgIpc) is 3.21. The Labute approximate surface area is 151 Å². The van der Waals surface area contributed by atoms with E-state index in [4.69, 9.17) is 4.74 Å². The molecule has 0 unspecified atom stereocenters. The summed E-state index contributed by atoms with van der Waals surface area (Å²) in [5.74, 6) is 0.366. The first-order valence-electron chi connectivity index (χ1n) is 7.82. The summed E-state index contributed by atoms with van der Waals surface area (Å²) in [6.07, 6.45) is 4.04. The van der Waals surface area contributed by atoms with Gasteiger partial charge in [-0.25, -0.2) is 0 Å². The molecule has 0 N–H and O–H groups in total. The van der Waals surface area contributed by atoms with Crippen LogP contribution in [0.5, 0.6) is 0 Å². The molecule has 0 saturated heterocycles. The van der Waals surface area contributed by atoms with Crippen LogP contribution in [0.3, 0.4) is 0 Å². The third kappa shape index (κ3) is 3.26. The second kappa shape index (κ2) is 6.81. The van der Waals surface area contributed by atoms with Crippen LogP contribution in [-0.4, -0.2) is 5.60 Å². The highest BCUT2D eigenvalue weighted by Crippen LogP contribution is 2.46. The molecule has 0 atom stereocenters. The molecule has 0 aliphatic carbocycles. The number of thiophene rings is 1. The van der Waals surface area contributed by atoms with Gasteiger partial charge in [0.1, 0.15) is 17.7 Å². The summed E-state index contributed by atoms with van der Waals surface area (Å²) in [5, 5.41) is 20.6. The summed E-state index contributed by atoms with van der Waals surface area (Å²) in [6, 6.07) is 17.8. The van der Waals surface area contributed by atoms with Crippen molar-refractivity contribution in [1.82, 2.24) is 0 Å². The van der Waals surface area contributed by atoms with Crippen LogP contribution in [-0.2, 0) is 4.74 Å². The molecule has 0 fully saturated rings. The van der Waals surface area contributed by atoms with Crippen molar-refractivity contribution in [3.05, 3.63) is 81.3 Å². The third-order valence-electron chi connectivity index (χ3n) is 3.96. The van der Waals surface area contributed by atoms with Gasteiger partial charge >= 0.3 is 0 Å². The Bertz CT molecular complexity index is 934. The normalized spacial score (nSPS) is 15.8. The van der Waals surface area contributed by atoms with E-state index >= 15 is 0 Å². The Balaban J connectivity index is 2.21. The molecule has 3 nitrogen and oxygen atoms in total. The van der Waals surface area contributed by atoms with Gasteiger partial charge in [-0.05, 0) is 30.9 Å². The molecule has 1 aromatic heterocycles. The van der Waals surface area contributed by atoms with Gasteiger partial charge in [-0.15, -0.1) is 11.3 Å². The molecule has 2 heterocycles. The highest BCUT2D eigenvalue weighted by Gasteiger charge is 2.39. The van der Waals surface area contributed by atoms with E-state index in [1.54, 1.807) is 11.3 Å². The van der Waals surface area contributed by atoms with Gasteiger partial charge in [0.2, 0.25) is 0 Å². The maximum absolute atomic E-state index is 9.32. The van der Waals surface area contributed by atoms with Gasteiger partial charge in [-0.1, -0.05) is 48.6 Å². The quantitative estimate of drug-likeness (QED) is 0.708. The number of hydrogen-bond donors (Lipinski definition) is 0. The zero-order chi connectivity index (χ0) is 17.9. The number of nitriles is 2. The van der Waals surface area contributed by atoms with E-state index < -0.39 is 5.60 Å². The van der Waals surface area contributed by atoms with Gasteiger partial charge in [0.05, 0.1) is 0 Å². The van der Waals surface area contributed by atoms with Crippen LogP contribution in [0.1, 0.15) is 24.3 Å². The molecule has 4 heteroatoms. The lowest BCUT2D eigenvalue weighted by atomic mass is 9.93. The molecule has 25 heavy (non-hydrogen) atoms. The highest BCUT2D eigenvalue weighted by atomic mass is 32.1. The maximum atomic E-state index is 9.32. The SMILES string of the molecule is CC1(C)OC(=C(C#N)C#N)C(c2cccs2)=C1C=Cc1ccccc1. The fraction of sp³-hybridized carbons (Fsp3) is 0.143. The summed E-state index contributed by atoms with van der Waals surface area (Å²) < 4.78 is 6.05. The van der Waals surface area contributed by atoms with Gasteiger partial charge in [0.15, 0.2) is 11.3 Å². The molecular weight excluding hydrogens is 328 g/mol. The van der Waals surface area contributed by atoms with E-state index in [1.807, 2.05) is 86.0 Å². The summed E-state index contributed by atoms with van der Waals surface area (Å²) in [5.41, 5.74) is 2.23. The second-order valence-electron chi connectivity index (χ2n) is 6.05. The minimum Gasteiger partial charge on any atom is -0.480 e. The third-order valence-corrected chi connectivity index (χ3v) is 4.85. The van der Waals surface area contributed by atoms with Gasteiger partial charge in [0, 0.05) is 16.0 Å². The number of rotatable bonds is 3. The highest BCUT2D eigenvalue weighted by molar-refractivity contribution is 7.11. The summed E-state index contributed by atoms with van der Waals surface area (Å²) in [4.78, 5) is 0.983. The zero-order valence-electron chi connectivity index (χ0n) is 14.0. The van der Waals surface area contributed by atoms with Crippen molar-refractivity contribution in [1.29, 1.82) is 10.5 Å². The van der Waals surface area contributed by atoms with Crippen LogP contribution in [0.25, 0.3) is 11.6 Å². The van der Waals surface area contributed by atoms with E-state index in [0.717, 1.165) is 21.6 Å². The number of ether oxygens (including phenoxy) is 1. The van der Waals surface area contributed by atoms with Crippen LogP contribution in [0.15, 0.2) is 70.8 Å². The number of allylic oxidation sites excluding steroid dienone is 2. The van der Waals surface area contributed by atoms with E-state index in [2.05, 4.69) is 0 Å². The largest absolute Gasteiger partial charge is 0.480 e. The summed E-state index contributed by atoms with van der Waals surface area (Å²) in [6.45, 7) is 3.90. The fourth-order valence-corrected chi connectivity index (χ4v) is 3.56. The van der Waals surface area contributed by atoms with Gasteiger partial charge in [-0.3, -0.25) is 0 Å². The monoisotopic (exact) mass is 344 g/mol. The standard InChI is InChI=1S/C21H16N2OS/c1-21(2)17(11-10-15-7-4-3-5-8-15)19(18-9-6-12-25-18)20(24-21)16(13-22)14-23/h3-12H,1-2H3. The van der Waals surface area contributed by atoms with Gasteiger partial charge in [-0.2, -0.15) is 10.5 Å². The molecule has 1 aliphatic heterocycles. The van der Waals surface area contributed by atoms with Crippen LogP contribution < -0.4 is 0 Å². The molecular formula is C21H16N2OS. The maximum Gasteiger partial charge on any atom is 0.172 e. The number of nitrogens with zero attached hydrogens (tertiary/aromatic N) is 2. The van der Waals surface area contributed by atoms with E-state index in [1.165, 1.54) is 0 Å². The predicted octanol–water partition coefficient (Wildman–Crippen LogP) is 5.33. The van der Waals surface area contributed by atoms with Crippen molar-refractivity contribution in [2.45, 2.75) is 19.4 Å². The van der Waals surface area contributed by atoms with Crippen LogP contribution in [0.4, 0.5) is 0 Å². The summed E-state index contributed by atoms with van der Waals surface area (Å²) >= 11 is 1.56. The van der Waals surface area contributed by atoms with E-state index in [9.17, 15) is 10.5 Å². The summed E-state index contributed by atoms with van der Waals surface area (Å²) in [7, 11) is 0. The van der Waals surface area contributed by atoms with Crippen LogP contribution >= 0.6 is 11.3 Å². The molecule has 0 amide bonds. The lowest BCUT2D eigenvalue weighted by Crippen LogP contribution is -2.20. The van der Waals surface area contributed by atoms with Crippen molar-refractivity contribution < 1.29 is 4.74 Å². The first kappa shape index (κ1) is 16.8. The topological polar surface area (TPSA) is 56.8 Å². The lowest BCUT2D eigenvalue weighted by Gasteiger charge is -2.20. The lowest BCUT2D eigenvalue weighted by molar-refractivity contribution is 0.0966. The first-order valence-corrected chi connectivity index (χ1v) is 8.70. The van der Waals surface area contributed by atoms with E-state index in [-0.39, 0.29) is 5.57 Å². The second-order valence-corrected chi connectivity index (χ2v) is 7.00. The molecule has 2 aromatic rings. The Morgan fingerprint density at radius 3 is 2.36 bits per heavy atom. The average molecular weight is 344 g/mol. The Morgan fingerprint density at radius 1 is 1.04 bits per heavy atom. The van der Waals surface area contributed by atoms with E-state index in [0.29, 0.717) is 5.76 Å². The van der Waals surface area contributed by atoms with Crippen molar-refractivity contribution in [3.8, 4) is 12.1 Å². The van der Waals surface area contributed by atoms with Gasteiger partial charge < -0.3 is 4.74 Å². The molecule has 122 valence electrons. The van der Waals surface area contributed by atoms with Gasteiger partial charge in [0.25, 0.3) is 0 Å². The molecule has 0 spiro atoms. The molecule has 0 saturated carbocycles. The fourth-order valence-electron chi connectivity index (χ4n) is 2.78. The van der Waals surface area contributed by atoms with Crippen molar-refractivity contribution in [2.75, 3.05) is 0 Å². The van der Waals surface area contributed by atoms with Crippen LogP contribution in [0.2, 0.25) is 0 Å². The molecule has 1 aliphatic rings. The zero-order valence-corrected chi connectivity index (χ0v) is 14.8.